The summed E-state index contributed by atoms with van der Waals surface area (Å²) in [5.41, 5.74) is 1.57. The molecule has 7 heteroatoms. The maximum Gasteiger partial charge on any atom is 0.271 e. The van der Waals surface area contributed by atoms with Crippen molar-refractivity contribution in [1.82, 2.24) is 9.55 Å². The fraction of sp³-hybridized carbons (Fsp3) is 0.250. The molecule has 1 aromatic carbocycles. The molecule has 0 aliphatic rings. The Morgan fingerprint density at radius 3 is 2.89 bits per heavy atom. The fourth-order valence-electron chi connectivity index (χ4n) is 1.69. The molecular formula is C12H14N4O3. The molecule has 0 aliphatic heterocycles. The van der Waals surface area contributed by atoms with Gasteiger partial charge in [-0.3, -0.25) is 10.1 Å². The van der Waals surface area contributed by atoms with Gasteiger partial charge in [-0.15, -0.1) is 0 Å². The summed E-state index contributed by atoms with van der Waals surface area (Å²) in [5, 5.41) is 13.9. The van der Waals surface area contributed by atoms with Crippen LogP contribution < -0.4 is 10.1 Å². The van der Waals surface area contributed by atoms with Crippen LogP contribution in [0.3, 0.4) is 0 Å². The van der Waals surface area contributed by atoms with Gasteiger partial charge in [0.05, 0.1) is 36.3 Å². The van der Waals surface area contributed by atoms with Crippen LogP contribution in [0.2, 0.25) is 0 Å². The van der Waals surface area contributed by atoms with E-state index in [1.54, 1.807) is 18.6 Å². The van der Waals surface area contributed by atoms with Crippen LogP contribution >= 0.6 is 0 Å². The van der Waals surface area contributed by atoms with Crippen molar-refractivity contribution in [1.29, 1.82) is 0 Å². The Balaban J connectivity index is 2.20. The Morgan fingerprint density at radius 2 is 2.32 bits per heavy atom. The van der Waals surface area contributed by atoms with Crippen LogP contribution in [0.25, 0.3) is 0 Å². The number of ether oxygens (including phenoxy) is 1. The molecule has 0 radical (unpaired) electrons. The molecule has 0 unspecified atom stereocenters. The van der Waals surface area contributed by atoms with Crippen molar-refractivity contribution in [2.75, 3.05) is 12.4 Å². The lowest BCUT2D eigenvalue weighted by molar-refractivity contribution is -0.384. The third-order valence-corrected chi connectivity index (χ3v) is 2.77. The highest BCUT2D eigenvalue weighted by Gasteiger charge is 2.11. The van der Waals surface area contributed by atoms with E-state index < -0.39 is 4.92 Å². The van der Waals surface area contributed by atoms with E-state index in [0.29, 0.717) is 18.0 Å². The molecule has 1 N–H and O–H groups in total. The average molecular weight is 262 g/mol. The Labute approximate surface area is 110 Å². The van der Waals surface area contributed by atoms with Gasteiger partial charge in [0.2, 0.25) is 0 Å². The summed E-state index contributed by atoms with van der Waals surface area (Å²) >= 11 is 0. The van der Waals surface area contributed by atoms with Crippen LogP contribution in [0.15, 0.2) is 30.7 Å². The van der Waals surface area contributed by atoms with Gasteiger partial charge in [-0.1, -0.05) is 0 Å². The average Bonchev–Trinajstić information content (AvgIpc) is 2.81. The first kappa shape index (κ1) is 12.9. The first-order chi connectivity index (χ1) is 9.11. The molecule has 2 rings (SSSR count). The molecule has 0 atom stereocenters. The van der Waals surface area contributed by atoms with Crippen LogP contribution in [0.5, 0.6) is 5.75 Å². The minimum absolute atomic E-state index is 0.0216. The van der Waals surface area contributed by atoms with E-state index in [2.05, 4.69) is 10.3 Å². The zero-order valence-electron chi connectivity index (χ0n) is 10.7. The van der Waals surface area contributed by atoms with Crippen molar-refractivity contribution < 1.29 is 9.66 Å². The standard InChI is InChI=1S/C12H14N4O3/c1-15-8-13-6-10(15)7-14-11-5-9(16(17)18)3-4-12(11)19-2/h3-6,8,14H,7H2,1-2H3. The molecular weight excluding hydrogens is 248 g/mol. The van der Waals surface area contributed by atoms with Crippen LogP contribution in [-0.4, -0.2) is 21.6 Å². The quantitative estimate of drug-likeness (QED) is 0.657. The predicted molar refractivity (Wildman–Crippen MR) is 70.2 cm³/mol. The number of nitro groups is 1. The molecule has 7 nitrogen and oxygen atoms in total. The number of anilines is 1. The highest BCUT2D eigenvalue weighted by Crippen LogP contribution is 2.29. The second kappa shape index (κ2) is 5.38. The molecule has 0 saturated carbocycles. The van der Waals surface area contributed by atoms with Gasteiger partial charge in [-0.2, -0.15) is 0 Å². The Kier molecular flexibility index (Phi) is 3.65. The third-order valence-electron chi connectivity index (χ3n) is 2.77. The summed E-state index contributed by atoms with van der Waals surface area (Å²) in [4.78, 5) is 14.3. The number of imidazole rings is 1. The lowest BCUT2D eigenvalue weighted by atomic mass is 10.2. The number of nitrogens with one attached hydrogen (secondary N) is 1. The second-order valence-corrected chi connectivity index (χ2v) is 3.99. The van der Waals surface area contributed by atoms with E-state index >= 15 is 0 Å². The van der Waals surface area contributed by atoms with E-state index in [-0.39, 0.29) is 5.69 Å². The molecule has 0 amide bonds. The van der Waals surface area contributed by atoms with Gasteiger partial charge in [0, 0.05) is 25.4 Å². The maximum absolute atomic E-state index is 10.8. The van der Waals surface area contributed by atoms with Crippen LogP contribution in [0.1, 0.15) is 5.69 Å². The van der Waals surface area contributed by atoms with Crippen molar-refractivity contribution in [3.05, 3.63) is 46.5 Å². The van der Waals surface area contributed by atoms with E-state index in [9.17, 15) is 10.1 Å². The molecule has 19 heavy (non-hydrogen) atoms. The molecule has 0 spiro atoms. The van der Waals surface area contributed by atoms with Crippen molar-refractivity contribution in [2.45, 2.75) is 6.54 Å². The normalized spacial score (nSPS) is 10.2. The van der Waals surface area contributed by atoms with Gasteiger partial charge >= 0.3 is 0 Å². The number of aromatic nitrogens is 2. The number of rotatable bonds is 5. The lowest BCUT2D eigenvalue weighted by Crippen LogP contribution is -2.05. The van der Waals surface area contributed by atoms with Crippen LogP contribution in [0, 0.1) is 10.1 Å². The zero-order valence-corrected chi connectivity index (χ0v) is 10.7. The molecule has 0 aliphatic carbocycles. The van der Waals surface area contributed by atoms with Gasteiger partial charge in [-0.05, 0) is 6.07 Å². The van der Waals surface area contributed by atoms with E-state index in [0.717, 1.165) is 5.69 Å². The number of nitro benzene ring substituents is 1. The van der Waals surface area contributed by atoms with E-state index in [4.69, 9.17) is 4.74 Å². The summed E-state index contributed by atoms with van der Waals surface area (Å²) in [7, 11) is 3.41. The third kappa shape index (κ3) is 2.82. The minimum Gasteiger partial charge on any atom is -0.495 e. The molecule has 0 bridgehead atoms. The largest absolute Gasteiger partial charge is 0.495 e. The maximum atomic E-state index is 10.8. The van der Waals surface area contributed by atoms with Crippen molar-refractivity contribution in [3.8, 4) is 5.75 Å². The molecule has 0 fully saturated rings. The number of methoxy groups -OCH3 is 1. The number of nitrogens with zero attached hydrogens (tertiary/aromatic N) is 3. The fourth-order valence-corrected chi connectivity index (χ4v) is 1.69. The van der Waals surface area contributed by atoms with E-state index in [1.807, 2.05) is 11.6 Å². The molecule has 0 saturated heterocycles. The monoisotopic (exact) mass is 262 g/mol. The second-order valence-electron chi connectivity index (χ2n) is 3.99. The van der Waals surface area contributed by atoms with Crippen LogP contribution in [0.4, 0.5) is 11.4 Å². The van der Waals surface area contributed by atoms with Crippen molar-refractivity contribution in [3.63, 3.8) is 0 Å². The molecule has 2 aromatic rings. The zero-order chi connectivity index (χ0) is 13.8. The Hall–Kier alpha value is -2.57. The molecule has 1 aromatic heterocycles. The highest BCUT2D eigenvalue weighted by atomic mass is 16.6. The summed E-state index contributed by atoms with van der Waals surface area (Å²) in [6, 6.07) is 4.44. The first-order valence-electron chi connectivity index (χ1n) is 5.63. The summed E-state index contributed by atoms with van der Waals surface area (Å²) < 4.78 is 7.04. The SMILES string of the molecule is COc1ccc([N+](=O)[O-])cc1NCc1cncn1C. The number of benzene rings is 1. The summed E-state index contributed by atoms with van der Waals surface area (Å²) in [6.07, 6.45) is 3.43. The van der Waals surface area contributed by atoms with Gasteiger partial charge in [-0.25, -0.2) is 4.98 Å². The number of hydrogen-bond acceptors (Lipinski definition) is 5. The van der Waals surface area contributed by atoms with Crippen LogP contribution in [-0.2, 0) is 13.6 Å². The number of hydrogen-bond donors (Lipinski definition) is 1. The van der Waals surface area contributed by atoms with Gasteiger partial charge in [0.25, 0.3) is 5.69 Å². The van der Waals surface area contributed by atoms with Crippen molar-refractivity contribution >= 4 is 11.4 Å². The highest BCUT2D eigenvalue weighted by molar-refractivity contribution is 5.61. The predicted octanol–water partition coefficient (Wildman–Crippen LogP) is 1.95. The first-order valence-corrected chi connectivity index (χ1v) is 5.63. The lowest BCUT2D eigenvalue weighted by Gasteiger charge is -2.11. The van der Waals surface area contributed by atoms with Gasteiger partial charge < -0.3 is 14.6 Å². The smallest absolute Gasteiger partial charge is 0.271 e. The van der Waals surface area contributed by atoms with Gasteiger partial charge in [0.15, 0.2) is 0 Å². The molecule has 1 heterocycles. The summed E-state index contributed by atoms with van der Waals surface area (Å²) in [5.74, 6) is 0.563. The number of aryl methyl sites for hydroxylation is 1. The summed E-state index contributed by atoms with van der Waals surface area (Å²) in [6.45, 7) is 0.508. The number of non-ortho nitro benzene ring substituents is 1. The van der Waals surface area contributed by atoms with Crippen molar-refractivity contribution in [2.24, 2.45) is 7.05 Å². The minimum atomic E-state index is -0.436. The van der Waals surface area contributed by atoms with E-state index in [1.165, 1.54) is 19.2 Å². The Bertz CT molecular complexity index is 594. The van der Waals surface area contributed by atoms with Gasteiger partial charge in [0.1, 0.15) is 5.75 Å². The topological polar surface area (TPSA) is 82.2 Å². The molecule has 100 valence electrons. The Morgan fingerprint density at radius 1 is 1.53 bits per heavy atom.